The maximum Gasteiger partial charge on any atom is 0.229 e. The smallest absolute Gasteiger partial charge is 0.229 e. The highest BCUT2D eigenvalue weighted by Crippen LogP contribution is 2.32. The van der Waals surface area contributed by atoms with Crippen molar-refractivity contribution in [3.05, 3.63) is 65.9 Å². The monoisotopic (exact) mass is 458 g/mol. The van der Waals surface area contributed by atoms with Gasteiger partial charge in [-0.15, -0.1) is 0 Å². The van der Waals surface area contributed by atoms with Gasteiger partial charge in [0.2, 0.25) is 11.8 Å². The number of ketones is 1. The summed E-state index contributed by atoms with van der Waals surface area (Å²) in [5, 5.41) is 6.65. The first-order chi connectivity index (χ1) is 16.4. The number of allylic oxidation sites excluding steroid dienone is 1. The van der Waals surface area contributed by atoms with Gasteiger partial charge in [-0.3, -0.25) is 4.79 Å². The predicted molar refractivity (Wildman–Crippen MR) is 136 cm³/mol. The molecule has 0 atom stereocenters. The molecule has 0 radical (unpaired) electrons. The highest BCUT2D eigenvalue weighted by atomic mass is 16.5. The summed E-state index contributed by atoms with van der Waals surface area (Å²) in [6.07, 6.45) is 5.73. The Labute approximate surface area is 200 Å². The molecule has 1 aliphatic carbocycles. The lowest BCUT2D eigenvalue weighted by atomic mass is 10.0. The lowest BCUT2D eigenvalue weighted by molar-refractivity contribution is -0.114. The molecule has 8 nitrogen and oxygen atoms in total. The van der Waals surface area contributed by atoms with Crippen LogP contribution < -0.4 is 20.3 Å². The van der Waals surface area contributed by atoms with Crippen molar-refractivity contribution in [2.45, 2.75) is 39.2 Å². The summed E-state index contributed by atoms with van der Waals surface area (Å²) in [5.74, 6) is 2.43. The maximum absolute atomic E-state index is 12.0. The second-order valence-electron chi connectivity index (χ2n) is 8.58. The second-order valence-corrected chi connectivity index (χ2v) is 8.58. The van der Waals surface area contributed by atoms with Crippen molar-refractivity contribution in [1.82, 2.24) is 15.0 Å². The van der Waals surface area contributed by atoms with Crippen LogP contribution in [0.2, 0.25) is 0 Å². The van der Waals surface area contributed by atoms with Crippen LogP contribution in [-0.4, -0.2) is 40.9 Å². The van der Waals surface area contributed by atoms with Crippen LogP contribution in [0.1, 0.15) is 29.5 Å². The Morgan fingerprint density at radius 3 is 2.71 bits per heavy atom. The Bertz CT molecular complexity index is 1220. The first-order valence-electron chi connectivity index (χ1n) is 11.3. The molecule has 1 fully saturated rings. The average Bonchev–Trinajstić information content (AvgIpc) is 3.67. The van der Waals surface area contributed by atoms with E-state index in [4.69, 9.17) is 4.74 Å². The van der Waals surface area contributed by atoms with Gasteiger partial charge in [-0.1, -0.05) is 24.3 Å². The molecule has 34 heavy (non-hydrogen) atoms. The van der Waals surface area contributed by atoms with E-state index in [0.717, 1.165) is 33.9 Å². The number of carbonyl (C=O) groups excluding carboxylic acids is 1. The summed E-state index contributed by atoms with van der Waals surface area (Å²) in [6, 6.07) is 10.3. The summed E-state index contributed by atoms with van der Waals surface area (Å²) in [4.78, 5) is 27.9. The molecule has 1 aliphatic rings. The quantitative estimate of drug-likeness (QED) is 0.415. The number of anilines is 5. The number of carbonyl (C=O) groups is 1. The van der Waals surface area contributed by atoms with Crippen LogP contribution in [0.15, 0.2) is 49.2 Å². The minimum atomic E-state index is -0.0333. The van der Waals surface area contributed by atoms with Gasteiger partial charge in [-0.05, 0) is 44.4 Å². The van der Waals surface area contributed by atoms with E-state index in [0.29, 0.717) is 23.7 Å². The van der Waals surface area contributed by atoms with Crippen LogP contribution in [0.25, 0.3) is 0 Å². The minimum Gasteiger partial charge on any atom is -0.481 e. The zero-order chi connectivity index (χ0) is 24.2. The van der Waals surface area contributed by atoms with Gasteiger partial charge in [0.05, 0.1) is 7.11 Å². The molecule has 0 bridgehead atoms. The minimum absolute atomic E-state index is 0.0333. The molecular formula is C26H30N6O2. The van der Waals surface area contributed by atoms with E-state index < -0.39 is 0 Å². The zero-order valence-corrected chi connectivity index (χ0v) is 20.1. The third-order valence-electron chi connectivity index (χ3n) is 5.79. The van der Waals surface area contributed by atoms with Gasteiger partial charge in [0, 0.05) is 54.8 Å². The normalized spacial score (nSPS) is 12.7. The van der Waals surface area contributed by atoms with Gasteiger partial charge < -0.3 is 20.3 Å². The van der Waals surface area contributed by atoms with Crippen molar-refractivity contribution in [3.8, 4) is 5.88 Å². The van der Waals surface area contributed by atoms with E-state index in [2.05, 4.69) is 37.1 Å². The fourth-order valence-electron chi connectivity index (χ4n) is 3.63. The molecule has 3 aromatic rings. The van der Waals surface area contributed by atoms with Crippen LogP contribution in [0.5, 0.6) is 5.88 Å². The molecule has 176 valence electrons. The van der Waals surface area contributed by atoms with Crippen molar-refractivity contribution in [2.75, 3.05) is 29.7 Å². The van der Waals surface area contributed by atoms with Gasteiger partial charge in [0.15, 0.2) is 5.78 Å². The summed E-state index contributed by atoms with van der Waals surface area (Å²) in [6.45, 7) is 7.52. The Balaban J connectivity index is 1.60. The lowest BCUT2D eigenvalue weighted by Crippen LogP contribution is -2.20. The SMILES string of the molecule is C=CC(=O)Cc1cc(C)ccc1Nc1nc(Nc2cc(OC)nc(N(C)C3CC3)c2)ncc1C. The van der Waals surface area contributed by atoms with Crippen LogP contribution >= 0.6 is 0 Å². The van der Waals surface area contributed by atoms with Gasteiger partial charge in [-0.2, -0.15) is 9.97 Å². The number of nitrogens with zero attached hydrogens (tertiary/aromatic N) is 4. The van der Waals surface area contributed by atoms with Crippen LogP contribution in [0.3, 0.4) is 0 Å². The molecule has 0 aliphatic heterocycles. The molecule has 0 amide bonds. The number of hydrogen-bond donors (Lipinski definition) is 2. The van der Waals surface area contributed by atoms with Gasteiger partial charge in [0.25, 0.3) is 0 Å². The van der Waals surface area contributed by atoms with E-state index in [1.54, 1.807) is 13.3 Å². The molecular weight excluding hydrogens is 428 g/mol. The molecule has 2 aromatic heterocycles. The molecule has 0 saturated heterocycles. The number of aryl methyl sites for hydroxylation is 2. The number of benzene rings is 1. The molecule has 8 heteroatoms. The molecule has 2 heterocycles. The van der Waals surface area contributed by atoms with Crippen LogP contribution in [-0.2, 0) is 11.2 Å². The van der Waals surface area contributed by atoms with Crippen molar-refractivity contribution < 1.29 is 9.53 Å². The number of hydrogen-bond acceptors (Lipinski definition) is 8. The topological polar surface area (TPSA) is 92.3 Å². The maximum atomic E-state index is 12.0. The Kier molecular flexibility index (Phi) is 6.77. The van der Waals surface area contributed by atoms with E-state index in [9.17, 15) is 4.79 Å². The number of rotatable bonds is 10. The van der Waals surface area contributed by atoms with E-state index in [1.807, 2.05) is 51.2 Å². The molecule has 0 unspecified atom stereocenters. The fourth-order valence-corrected chi connectivity index (χ4v) is 3.63. The van der Waals surface area contributed by atoms with Crippen molar-refractivity contribution in [2.24, 2.45) is 0 Å². The molecule has 1 aromatic carbocycles. The zero-order valence-electron chi connectivity index (χ0n) is 20.1. The Morgan fingerprint density at radius 1 is 1.21 bits per heavy atom. The number of aromatic nitrogens is 3. The van der Waals surface area contributed by atoms with E-state index >= 15 is 0 Å². The number of nitrogens with one attached hydrogen (secondary N) is 2. The summed E-state index contributed by atoms with van der Waals surface area (Å²) in [5.41, 5.74) is 4.47. The van der Waals surface area contributed by atoms with Gasteiger partial charge >= 0.3 is 0 Å². The fraction of sp³-hybridized carbons (Fsp3) is 0.308. The first-order valence-corrected chi connectivity index (χ1v) is 11.3. The van der Waals surface area contributed by atoms with Crippen LogP contribution in [0, 0.1) is 13.8 Å². The van der Waals surface area contributed by atoms with Gasteiger partial charge in [-0.25, -0.2) is 4.98 Å². The third-order valence-corrected chi connectivity index (χ3v) is 5.79. The molecule has 2 N–H and O–H groups in total. The van der Waals surface area contributed by atoms with E-state index in [1.165, 1.54) is 18.9 Å². The van der Waals surface area contributed by atoms with Crippen molar-refractivity contribution in [3.63, 3.8) is 0 Å². The highest BCUT2D eigenvalue weighted by molar-refractivity contribution is 5.92. The van der Waals surface area contributed by atoms with Crippen molar-refractivity contribution in [1.29, 1.82) is 0 Å². The standard InChI is InChI=1S/C26H30N6O2/c1-6-21(33)12-18-11-16(2)7-10-22(18)29-25-17(3)15-27-26(31-25)28-19-13-23(30-24(14-19)34-5)32(4)20-8-9-20/h6-7,10-11,13-15,20H,1,8-9,12H2,2-5H3,(H2,27,28,29,30,31). The molecule has 0 spiro atoms. The molecule has 1 saturated carbocycles. The summed E-state index contributed by atoms with van der Waals surface area (Å²) >= 11 is 0. The summed E-state index contributed by atoms with van der Waals surface area (Å²) < 4.78 is 5.40. The number of pyridine rings is 1. The largest absolute Gasteiger partial charge is 0.481 e. The predicted octanol–water partition coefficient (Wildman–Crippen LogP) is 4.88. The van der Waals surface area contributed by atoms with Crippen molar-refractivity contribution >= 4 is 34.7 Å². The number of ether oxygens (including phenoxy) is 1. The Morgan fingerprint density at radius 2 is 2.00 bits per heavy atom. The molecule has 4 rings (SSSR count). The second kappa shape index (κ2) is 9.91. The van der Waals surface area contributed by atoms with Crippen LogP contribution in [0.4, 0.5) is 29.0 Å². The average molecular weight is 459 g/mol. The highest BCUT2D eigenvalue weighted by Gasteiger charge is 2.27. The Hall–Kier alpha value is -3.94. The lowest BCUT2D eigenvalue weighted by Gasteiger charge is -2.19. The van der Waals surface area contributed by atoms with E-state index in [-0.39, 0.29) is 12.2 Å². The first kappa shape index (κ1) is 23.2. The summed E-state index contributed by atoms with van der Waals surface area (Å²) in [7, 11) is 3.65. The third kappa shape index (κ3) is 5.51. The van der Waals surface area contributed by atoms with Gasteiger partial charge in [0.1, 0.15) is 11.6 Å². The number of methoxy groups -OCH3 is 1.